The van der Waals surface area contributed by atoms with Gasteiger partial charge in [-0.25, -0.2) is 13.1 Å². The van der Waals surface area contributed by atoms with Crippen molar-refractivity contribution >= 4 is 27.4 Å². The maximum absolute atomic E-state index is 12.4. The lowest BCUT2D eigenvalue weighted by atomic mass is 10.1. The molecule has 21 heavy (non-hydrogen) atoms. The molecule has 0 aliphatic heterocycles. The zero-order valence-electron chi connectivity index (χ0n) is 11.7. The summed E-state index contributed by atoms with van der Waals surface area (Å²) in [7, 11) is -3.73. The van der Waals surface area contributed by atoms with Crippen molar-refractivity contribution < 1.29 is 8.42 Å². The first-order valence-electron chi connectivity index (χ1n) is 6.44. The van der Waals surface area contributed by atoms with E-state index in [1.165, 1.54) is 10.9 Å². The first-order chi connectivity index (χ1) is 9.83. The van der Waals surface area contributed by atoms with Crippen LogP contribution in [-0.2, 0) is 16.6 Å². The number of nitrogens with two attached hydrogens (primary N) is 1. The van der Waals surface area contributed by atoms with Crippen LogP contribution in [0.2, 0.25) is 5.02 Å². The molecular weight excluding hydrogens is 312 g/mol. The number of nitrogens with zero attached hydrogens (tertiary/aromatic N) is 2. The number of nitrogens with one attached hydrogen (secondary N) is 1. The Labute approximate surface area is 129 Å². The maximum Gasteiger partial charge on any atom is 0.246 e. The lowest BCUT2D eigenvalue weighted by molar-refractivity contribution is 0.567. The number of benzene rings is 1. The van der Waals surface area contributed by atoms with E-state index in [4.69, 9.17) is 17.3 Å². The molecule has 0 spiro atoms. The molecule has 6 nitrogen and oxygen atoms in total. The number of anilines is 1. The van der Waals surface area contributed by atoms with E-state index >= 15 is 0 Å². The van der Waals surface area contributed by atoms with Crippen LogP contribution in [0.25, 0.3) is 0 Å². The molecule has 1 heterocycles. The maximum atomic E-state index is 12.4. The summed E-state index contributed by atoms with van der Waals surface area (Å²) in [6, 6.07) is 6.57. The monoisotopic (exact) mass is 328 g/mol. The number of sulfonamides is 1. The molecule has 8 heteroatoms. The lowest BCUT2D eigenvalue weighted by Crippen LogP contribution is -2.27. The molecule has 2 aromatic rings. The normalized spacial score (nSPS) is 13.3. The second-order valence-electron chi connectivity index (χ2n) is 4.63. The Morgan fingerprint density at radius 1 is 1.38 bits per heavy atom. The van der Waals surface area contributed by atoms with Gasteiger partial charge in [-0.05, 0) is 31.5 Å². The third-order valence-corrected chi connectivity index (χ3v) is 4.88. The molecule has 0 radical (unpaired) electrons. The number of hydrogen-bond acceptors (Lipinski definition) is 4. The minimum Gasteiger partial charge on any atom is -0.381 e. The molecule has 0 aliphatic rings. The van der Waals surface area contributed by atoms with Gasteiger partial charge in [0.05, 0.1) is 0 Å². The highest BCUT2D eigenvalue weighted by Gasteiger charge is 2.23. The van der Waals surface area contributed by atoms with E-state index in [2.05, 4.69) is 9.82 Å². The molecule has 1 aromatic heterocycles. The van der Waals surface area contributed by atoms with Gasteiger partial charge in [-0.15, -0.1) is 0 Å². The van der Waals surface area contributed by atoms with Crippen molar-refractivity contribution in [3.63, 3.8) is 0 Å². The van der Waals surface area contributed by atoms with Crippen LogP contribution in [0.1, 0.15) is 25.5 Å². The summed E-state index contributed by atoms with van der Waals surface area (Å²) in [5, 5.41) is 4.54. The molecular formula is C13H17ClN4O2S. The average molecular weight is 329 g/mol. The third kappa shape index (κ3) is 3.55. The van der Waals surface area contributed by atoms with E-state index in [1.807, 2.05) is 6.92 Å². The highest BCUT2D eigenvalue weighted by Crippen LogP contribution is 2.21. The van der Waals surface area contributed by atoms with Crippen LogP contribution in [0.15, 0.2) is 35.4 Å². The number of rotatable bonds is 5. The van der Waals surface area contributed by atoms with Gasteiger partial charge >= 0.3 is 0 Å². The van der Waals surface area contributed by atoms with Gasteiger partial charge in [0.25, 0.3) is 0 Å². The molecule has 114 valence electrons. The fourth-order valence-electron chi connectivity index (χ4n) is 1.90. The predicted molar refractivity (Wildman–Crippen MR) is 82.5 cm³/mol. The van der Waals surface area contributed by atoms with Crippen molar-refractivity contribution in [1.82, 2.24) is 14.5 Å². The quantitative estimate of drug-likeness (QED) is 0.880. The van der Waals surface area contributed by atoms with E-state index in [-0.39, 0.29) is 10.7 Å². The summed E-state index contributed by atoms with van der Waals surface area (Å²) < 4.78 is 28.8. The third-order valence-electron chi connectivity index (χ3n) is 3.07. The minimum atomic E-state index is -3.73. The molecule has 2 rings (SSSR count). The topological polar surface area (TPSA) is 90.0 Å². The summed E-state index contributed by atoms with van der Waals surface area (Å²) in [4.78, 5) is -0.00911. The summed E-state index contributed by atoms with van der Waals surface area (Å²) in [6.45, 7) is 4.15. The first kappa shape index (κ1) is 15.8. The highest BCUT2D eigenvalue weighted by atomic mass is 35.5. The number of halogens is 1. The molecule has 0 fully saturated rings. The van der Waals surface area contributed by atoms with Crippen molar-refractivity contribution in [2.24, 2.45) is 0 Å². The summed E-state index contributed by atoms with van der Waals surface area (Å²) in [6.07, 6.45) is 1.42. The Bertz CT molecular complexity index is 725. The van der Waals surface area contributed by atoms with Gasteiger partial charge < -0.3 is 5.73 Å². The standard InChI is InChI=1S/C13H17ClN4O2S/c1-3-18-8-12(13(15)16-18)21(19,20)17-9(2)10-4-6-11(14)7-5-10/h4-9,17H,3H2,1-2H3,(H2,15,16). The summed E-state index contributed by atoms with van der Waals surface area (Å²) in [5.41, 5.74) is 6.48. The molecule has 0 saturated carbocycles. The Morgan fingerprint density at radius 3 is 2.52 bits per heavy atom. The van der Waals surface area contributed by atoms with Crippen LogP contribution in [0.3, 0.4) is 0 Å². The van der Waals surface area contributed by atoms with Crippen LogP contribution >= 0.6 is 11.6 Å². The lowest BCUT2D eigenvalue weighted by Gasteiger charge is -2.14. The van der Waals surface area contributed by atoms with Crippen LogP contribution in [0, 0.1) is 0 Å². The van der Waals surface area contributed by atoms with Crippen molar-refractivity contribution in [3.8, 4) is 0 Å². The Kier molecular flexibility index (Phi) is 4.55. The average Bonchev–Trinajstić information content (AvgIpc) is 2.81. The van der Waals surface area contributed by atoms with E-state index in [9.17, 15) is 8.42 Å². The van der Waals surface area contributed by atoms with E-state index in [0.29, 0.717) is 11.6 Å². The van der Waals surface area contributed by atoms with Gasteiger partial charge in [-0.3, -0.25) is 4.68 Å². The van der Waals surface area contributed by atoms with Gasteiger partial charge in [0.2, 0.25) is 10.0 Å². The van der Waals surface area contributed by atoms with Crippen molar-refractivity contribution in [2.45, 2.75) is 31.3 Å². The van der Waals surface area contributed by atoms with E-state index in [0.717, 1.165) is 5.56 Å². The van der Waals surface area contributed by atoms with Gasteiger partial charge in [-0.1, -0.05) is 23.7 Å². The molecule has 0 bridgehead atoms. The molecule has 0 amide bonds. The number of hydrogen-bond donors (Lipinski definition) is 2. The number of nitrogen functional groups attached to an aromatic ring is 1. The molecule has 1 unspecified atom stereocenters. The SMILES string of the molecule is CCn1cc(S(=O)(=O)NC(C)c2ccc(Cl)cc2)c(N)n1. The minimum absolute atomic E-state index is 0.00680. The van der Waals surface area contributed by atoms with Crippen molar-refractivity contribution in [2.75, 3.05) is 5.73 Å². The molecule has 1 aromatic carbocycles. The zero-order chi connectivity index (χ0) is 15.6. The molecule has 0 saturated heterocycles. The molecule has 0 aliphatic carbocycles. The van der Waals surface area contributed by atoms with E-state index in [1.54, 1.807) is 31.2 Å². The smallest absolute Gasteiger partial charge is 0.246 e. The highest BCUT2D eigenvalue weighted by molar-refractivity contribution is 7.89. The Morgan fingerprint density at radius 2 is 2.00 bits per heavy atom. The second kappa shape index (κ2) is 6.05. The summed E-state index contributed by atoms with van der Waals surface area (Å²) >= 11 is 5.82. The van der Waals surface area contributed by atoms with Crippen LogP contribution < -0.4 is 10.5 Å². The van der Waals surface area contributed by atoms with Crippen LogP contribution in [0.4, 0.5) is 5.82 Å². The molecule has 1 atom stereocenters. The van der Waals surface area contributed by atoms with Gasteiger partial charge in [0.15, 0.2) is 5.82 Å². The second-order valence-corrected chi connectivity index (χ2v) is 6.75. The number of aryl methyl sites for hydroxylation is 1. The van der Waals surface area contributed by atoms with Gasteiger partial charge in [-0.2, -0.15) is 5.10 Å². The largest absolute Gasteiger partial charge is 0.381 e. The van der Waals surface area contributed by atoms with Crippen molar-refractivity contribution in [1.29, 1.82) is 0 Å². The zero-order valence-corrected chi connectivity index (χ0v) is 13.3. The number of aromatic nitrogens is 2. The Balaban J connectivity index is 2.24. The first-order valence-corrected chi connectivity index (χ1v) is 8.30. The van der Waals surface area contributed by atoms with Gasteiger partial charge in [0, 0.05) is 23.8 Å². The predicted octanol–water partition coefficient (Wildman–Crippen LogP) is 2.18. The van der Waals surface area contributed by atoms with Crippen LogP contribution in [0.5, 0.6) is 0 Å². The fourth-order valence-corrected chi connectivity index (χ4v) is 3.33. The van der Waals surface area contributed by atoms with Gasteiger partial charge in [0.1, 0.15) is 4.90 Å². The van der Waals surface area contributed by atoms with Crippen molar-refractivity contribution in [3.05, 3.63) is 41.0 Å². The molecule has 3 N–H and O–H groups in total. The fraction of sp³-hybridized carbons (Fsp3) is 0.308. The Hall–Kier alpha value is -1.57. The van der Waals surface area contributed by atoms with Crippen LogP contribution in [-0.4, -0.2) is 18.2 Å². The summed E-state index contributed by atoms with van der Waals surface area (Å²) in [5.74, 6) is -0.00680. The van der Waals surface area contributed by atoms with E-state index < -0.39 is 16.1 Å².